The Morgan fingerprint density at radius 2 is 2.38 bits per heavy atom. The van der Waals surface area contributed by atoms with Crippen LogP contribution in [-0.4, -0.2) is 30.1 Å². The molecular formula is C8H13FNO2P. The van der Waals surface area contributed by atoms with Gasteiger partial charge in [0, 0.05) is 6.42 Å². The summed E-state index contributed by atoms with van der Waals surface area (Å²) >= 11 is 0. The maximum atomic E-state index is 13.2. The summed E-state index contributed by atoms with van der Waals surface area (Å²) in [5, 5.41) is 2.75. The van der Waals surface area contributed by atoms with Crippen molar-refractivity contribution in [2.75, 3.05) is 6.61 Å². The molecule has 5 heteroatoms. The number of hydrogen-bond acceptors (Lipinski definition) is 2. The van der Waals surface area contributed by atoms with Crippen LogP contribution < -0.4 is 5.32 Å². The van der Waals surface area contributed by atoms with Crippen LogP contribution in [0.2, 0.25) is 0 Å². The highest BCUT2D eigenvalue weighted by molar-refractivity contribution is 7.17. The van der Waals surface area contributed by atoms with Crippen LogP contribution >= 0.6 is 9.24 Å². The molecule has 0 spiro atoms. The first-order valence-electron chi connectivity index (χ1n) is 4.38. The van der Waals surface area contributed by atoms with Crippen molar-refractivity contribution in [3.05, 3.63) is 0 Å². The molecule has 0 radical (unpaired) electrons. The molecule has 1 aliphatic carbocycles. The van der Waals surface area contributed by atoms with Crippen molar-refractivity contribution in [3.8, 4) is 0 Å². The number of hydrogen-bond donors (Lipinski definition) is 1. The van der Waals surface area contributed by atoms with Gasteiger partial charge in [0.25, 0.3) is 0 Å². The van der Waals surface area contributed by atoms with Crippen molar-refractivity contribution >= 4 is 15.6 Å². The zero-order chi connectivity index (χ0) is 9.53. The lowest BCUT2D eigenvalue weighted by Gasteiger charge is -2.28. The van der Waals surface area contributed by atoms with Crippen LogP contribution in [0.25, 0.3) is 0 Å². The number of rotatable bonds is 3. The molecule has 13 heavy (non-hydrogen) atoms. The molecule has 2 bridgehead atoms. The monoisotopic (exact) mass is 205 g/mol. The van der Waals surface area contributed by atoms with Gasteiger partial charge in [-0.25, -0.2) is 4.39 Å². The van der Waals surface area contributed by atoms with Gasteiger partial charge in [-0.2, -0.15) is 0 Å². The van der Waals surface area contributed by atoms with E-state index in [1.165, 1.54) is 0 Å². The van der Waals surface area contributed by atoms with Crippen molar-refractivity contribution < 1.29 is 13.9 Å². The number of alkyl halides is 1. The van der Waals surface area contributed by atoms with Crippen LogP contribution in [0.3, 0.4) is 0 Å². The largest absolute Gasteiger partial charge is 0.369 e. The summed E-state index contributed by atoms with van der Waals surface area (Å²) in [5.74, 6) is -1.04. The first kappa shape index (κ1) is 9.35. The van der Waals surface area contributed by atoms with Gasteiger partial charge in [-0.3, -0.25) is 4.79 Å². The van der Waals surface area contributed by atoms with E-state index in [1.807, 2.05) is 0 Å². The summed E-state index contributed by atoms with van der Waals surface area (Å²) in [4.78, 5) is 10.4. The van der Waals surface area contributed by atoms with E-state index < -0.39 is 11.5 Å². The third-order valence-electron chi connectivity index (χ3n) is 3.17. The molecule has 0 aromatic heterocycles. The molecule has 74 valence electrons. The molecule has 2 rings (SSSR count). The van der Waals surface area contributed by atoms with Crippen molar-refractivity contribution in [2.45, 2.75) is 36.3 Å². The molecule has 0 aromatic carbocycles. The Kier molecular flexibility index (Phi) is 2.08. The van der Waals surface area contributed by atoms with Crippen LogP contribution in [0.5, 0.6) is 0 Å². The molecule has 1 saturated carbocycles. The second-order valence-electron chi connectivity index (χ2n) is 3.97. The highest BCUT2D eigenvalue weighted by atomic mass is 31.0. The Bertz CT molecular complexity index is 226. The molecule has 1 aliphatic heterocycles. The third kappa shape index (κ3) is 1.27. The fourth-order valence-corrected chi connectivity index (χ4v) is 2.71. The zero-order valence-corrected chi connectivity index (χ0v) is 8.41. The normalized spacial score (nSPS) is 44.8. The van der Waals surface area contributed by atoms with Crippen LogP contribution in [0.15, 0.2) is 0 Å². The van der Waals surface area contributed by atoms with E-state index in [0.29, 0.717) is 25.9 Å². The van der Waals surface area contributed by atoms with Crippen molar-refractivity contribution in [3.63, 3.8) is 0 Å². The van der Waals surface area contributed by atoms with Gasteiger partial charge in [0.2, 0.25) is 6.41 Å². The van der Waals surface area contributed by atoms with E-state index in [2.05, 4.69) is 14.6 Å². The van der Waals surface area contributed by atoms with Gasteiger partial charge >= 0.3 is 0 Å². The van der Waals surface area contributed by atoms with Gasteiger partial charge in [-0.15, -0.1) is 0 Å². The minimum Gasteiger partial charge on any atom is -0.369 e. The Hall–Kier alpha value is -0.210. The number of carbonyl (C=O) groups excluding carboxylic acids is 1. The van der Waals surface area contributed by atoms with E-state index >= 15 is 0 Å². The molecule has 1 amide bonds. The standard InChI is InChI=1S/C8H13FNO2P/c9-6(13)8-2-1-7(3-8,4-12-8)10-5-11/h5-6H,1-4,13H2,(H,10,11). The number of amides is 1. The van der Waals surface area contributed by atoms with Gasteiger partial charge in [-0.1, -0.05) is 9.24 Å². The van der Waals surface area contributed by atoms with Crippen molar-refractivity contribution in [2.24, 2.45) is 0 Å². The van der Waals surface area contributed by atoms with Crippen LogP contribution in [0.1, 0.15) is 19.3 Å². The first-order valence-corrected chi connectivity index (χ1v) is 5.04. The average molecular weight is 205 g/mol. The molecule has 0 aromatic rings. The summed E-state index contributed by atoms with van der Waals surface area (Å²) in [6, 6.07) is 0. The number of nitrogens with one attached hydrogen (secondary N) is 1. The molecule has 2 fully saturated rings. The van der Waals surface area contributed by atoms with Gasteiger partial charge in [0.05, 0.1) is 12.1 Å². The van der Waals surface area contributed by atoms with Crippen LogP contribution in [0.4, 0.5) is 4.39 Å². The molecule has 4 unspecified atom stereocenters. The highest BCUT2D eigenvalue weighted by Gasteiger charge is 2.58. The lowest BCUT2D eigenvalue weighted by Crippen LogP contribution is -2.43. The molecule has 4 atom stereocenters. The molecule has 1 N–H and O–H groups in total. The van der Waals surface area contributed by atoms with Crippen molar-refractivity contribution in [1.82, 2.24) is 5.32 Å². The van der Waals surface area contributed by atoms with Gasteiger partial charge < -0.3 is 10.1 Å². The third-order valence-corrected chi connectivity index (χ3v) is 3.78. The van der Waals surface area contributed by atoms with E-state index in [4.69, 9.17) is 4.74 Å². The summed E-state index contributed by atoms with van der Waals surface area (Å²) < 4.78 is 18.7. The minimum atomic E-state index is -1.04. The van der Waals surface area contributed by atoms with Crippen LogP contribution in [0, 0.1) is 0 Å². The summed E-state index contributed by atoms with van der Waals surface area (Å²) in [6.07, 6.45) is 2.79. The lowest BCUT2D eigenvalue weighted by atomic mass is 9.99. The maximum Gasteiger partial charge on any atom is 0.207 e. The topological polar surface area (TPSA) is 38.3 Å². The number of ether oxygens (including phenoxy) is 1. The Labute approximate surface area is 78.6 Å². The van der Waals surface area contributed by atoms with E-state index in [9.17, 15) is 9.18 Å². The molecular weight excluding hydrogens is 192 g/mol. The quantitative estimate of drug-likeness (QED) is 0.541. The van der Waals surface area contributed by atoms with E-state index in [0.717, 1.165) is 6.42 Å². The highest BCUT2D eigenvalue weighted by Crippen LogP contribution is 2.50. The Morgan fingerprint density at radius 1 is 1.62 bits per heavy atom. The van der Waals surface area contributed by atoms with E-state index in [1.54, 1.807) is 0 Å². The van der Waals surface area contributed by atoms with Gasteiger partial charge in [0.1, 0.15) is 11.5 Å². The predicted molar refractivity (Wildman–Crippen MR) is 49.1 cm³/mol. The van der Waals surface area contributed by atoms with E-state index in [-0.39, 0.29) is 5.54 Å². The molecule has 1 saturated heterocycles. The maximum absolute atomic E-state index is 13.2. The number of fused-ring (bicyclic) bond motifs is 2. The number of carbonyl (C=O) groups is 1. The fourth-order valence-electron chi connectivity index (χ4n) is 2.33. The van der Waals surface area contributed by atoms with Gasteiger partial charge in [-0.05, 0) is 12.8 Å². The Balaban J connectivity index is 2.14. The second-order valence-corrected chi connectivity index (χ2v) is 4.56. The zero-order valence-electron chi connectivity index (χ0n) is 7.25. The lowest BCUT2D eigenvalue weighted by molar-refractivity contribution is -0.111. The SMILES string of the molecule is O=CNC12CCC(C(F)P)(C1)OC2. The Morgan fingerprint density at radius 3 is 2.77 bits per heavy atom. The van der Waals surface area contributed by atoms with Crippen LogP contribution in [-0.2, 0) is 9.53 Å². The molecule has 3 nitrogen and oxygen atoms in total. The molecule has 2 aliphatic rings. The summed E-state index contributed by atoms with van der Waals surface area (Å²) in [6.45, 7) is 0.445. The smallest absolute Gasteiger partial charge is 0.207 e. The van der Waals surface area contributed by atoms with Gasteiger partial charge in [0.15, 0.2) is 0 Å². The molecule has 1 heterocycles. The predicted octanol–water partition coefficient (Wildman–Crippen LogP) is 0.595. The minimum absolute atomic E-state index is 0.289. The van der Waals surface area contributed by atoms with Crippen molar-refractivity contribution in [1.29, 1.82) is 0 Å². The number of halogens is 1. The first-order chi connectivity index (χ1) is 6.13. The fraction of sp³-hybridized carbons (Fsp3) is 0.875. The second kappa shape index (κ2) is 2.89. The summed E-state index contributed by atoms with van der Waals surface area (Å²) in [5.41, 5.74) is -0.941. The average Bonchev–Trinajstić information content (AvgIpc) is 2.61. The summed E-state index contributed by atoms with van der Waals surface area (Å²) in [7, 11) is 2.14.